The topological polar surface area (TPSA) is 87.2 Å². The molecule has 7 nitrogen and oxygen atoms in total. The first kappa shape index (κ1) is 17.1. The fraction of sp³-hybridized carbons (Fsp3) is 0.250. The van der Waals surface area contributed by atoms with Crippen molar-refractivity contribution in [1.82, 2.24) is 9.55 Å². The number of carbonyl (C=O) groups excluding carboxylic acids is 1. The molecule has 0 bridgehead atoms. The van der Waals surface area contributed by atoms with Crippen LogP contribution in [0.1, 0.15) is 12.8 Å². The van der Waals surface area contributed by atoms with E-state index in [0.717, 1.165) is 18.8 Å². The van der Waals surface area contributed by atoms with Gasteiger partial charge in [0.15, 0.2) is 0 Å². The van der Waals surface area contributed by atoms with E-state index in [0.29, 0.717) is 16.6 Å². The molecular weight excluding hydrogens is 344 g/mol. The molecule has 0 aliphatic carbocycles. The first-order valence-electron chi connectivity index (χ1n) is 8.98. The van der Waals surface area contributed by atoms with E-state index < -0.39 is 11.2 Å². The summed E-state index contributed by atoms with van der Waals surface area (Å²) in [7, 11) is 0. The lowest BCUT2D eigenvalue weighted by Crippen LogP contribution is -2.34. The number of anilines is 2. The Morgan fingerprint density at radius 3 is 2.44 bits per heavy atom. The van der Waals surface area contributed by atoms with Gasteiger partial charge in [-0.3, -0.25) is 19.1 Å². The van der Waals surface area contributed by atoms with Crippen LogP contribution in [0.25, 0.3) is 10.9 Å². The second-order valence-corrected chi connectivity index (χ2v) is 6.65. The molecule has 0 atom stereocenters. The van der Waals surface area contributed by atoms with Gasteiger partial charge in [-0.15, -0.1) is 0 Å². The molecule has 3 aromatic rings. The molecule has 1 fully saturated rings. The van der Waals surface area contributed by atoms with Gasteiger partial charge in [0.25, 0.3) is 5.56 Å². The molecule has 1 amide bonds. The van der Waals surface area contributed by atoms with Gasteiger partial charge in [0, 0.05) is 24.5 Å². The van der Waals surface area contributed by atoms with Gasteiger partial charge in [-0.25, -0.2) is 4.79 Å². The van der Waals surface area contributed by atoms with Gasteiger partial charge in [0.05, 0.1) is 10.9 Å². The van der Waals surface area contributed by atoms with Crippen molar-refractivity contribution in [2.45, 2.75) is 19.4 Å². The molecule has 2 aromatic carbocycles. The maximum absolute atomic E-state index is 12.4. The van der Waals surface area contributed by atoms with Crippen LogP contribution in [0, 0.1) is 0 Å². The van der Waals surface area contributed by atoms with Gasteiger partial charge in [0.1, 0.15) is 6.54 Å². The minimum Gasteiger partial charge on any atom is -0.372 e. The number of H-pyrrole nitrogens is 1. The average molecular weight is 364 g/mol. The number of rotatable bonds is 4. The summed E-state index contributed by atoms with van der Waals surface area (Å²) in [5.74, 6) is -0.330. The van der Waals surface area contributed by atoms with Gasteiger partial charge in [-0.2, -0.15) is 0 Å². The first-order valence-corrected chi connectivity index (χ1v) is 8.98. The van der Waals surface area contributed by atoms with Crippen molar-refractivity contribution in [3.05, 3.63) is 69.4 Å². The summed E-state index contributed by atoms with van der Waals surface area (Å²) < 4.78 is 1.27. The predicted octanol–water partition coefficient (Wildman–Crippen LogP) is 1.93. The van der Waals surface area contributed by atoms with Crippen LogP contribution in [0.3, 0.4) is 0 Å². The Hall–Kier alpha value is -3.35. The normalized spacial score (nSPS) is 13.9. The number of para-hydroxylation sites is 1. The van der Waals surface area contributed by atoms with Crippen LogP contribution in [0.2, 0.25) is 0 Å². The predicted molar refractivity (Wildman–Crippen MR) is 105 cm³/mol. The largest absolute Gasteiger partial charge is 0.372 e. The lowest BCUT2D eigenvalue weighted by molar-refractivity contribution is -0.116. The average Bonchev–Trinajstić information content (AvgIpc) is 3.20. The van der Waals surface area contributed by atoms with Crippen molar-refractivity contribution in [2.24, 2.45) is 0 Å². The highest BCUT2D eigenvalue weighted by atomic mass is 16.2. The van der Waals surface area contributed by atoms with Gasteiger partial charge < -0.3 is 10.2 Å². The third-order valence-corrected chi connectivity index (χ3v) is 4.83. The summed E-state index contributed by atoms with van der Waals surface area (Å²) in [6.07, 6.45) is 2.42. The Balaban J connectivity index is 1.52. The Bertz CT molecular complexity index is 1090. The number of hydrogen-bond donors (Lipinski definition) is 2. The number of nitrogens with one attached hydrogen (secondary N) is 2. The van der Waals surface area contributed by atoms with Crippen molar-refractivity contribution in [1.29, 1.82) is 0 Å². The van der Waals surface area contributed by atoms with Crippen LogP contribution in [0.5, 0.6) is 0 Å². The van der Waals surface area contributed by atoms with Crippen LogP contribution < -0.4 is 21.5 Å². The van der Waals surface area contributed by atoms with Gasteiger partial charge in [-0.1, -0.05) is 12.1 Å². The zero-order valence-electron chi connectivity index (χ0n) is 14.8. The molecule has 0 unspecified atom stereocenters. The van der Waals surface area contributed by atoms with Crippen LogP contribution in [-0.2, 0) is 11.3 Å². The molecule has 0 saturated carbocycles. The minimum atomic E-state index is -0.599. The molecule has 7 heteroatoms. The highest BCUT2D eigenvalue weighted by Crippen LogP contribution is 2.22. The third-order valence-electron chi connectivity index (χ3n) is 4.83. The number of aromatic amines is 1. The first-order chi connectivity index (χ1) is 13.1. The molecule has 1 aliphatic rings. The van der Waals surface area contributed by atoms with E-state index in [2.05, 4.69) is 15.2 Å². The standard InChI is InChI=1S/C20H20N4O3/c25-18(21-14-7-9-15(10-8-14)23-11-3-4-12-23)13-24-17-6-2-1-5-16(17)19(26)22-20(24)27/h1-2,5-10H,3-4,11-13H2,(H,21,25)(H,22,26,27). The van der Waals surface area contributed by atoms with Crippen molar-refractivity contribution in [2.75, 3.05) is 23.3 Å². The van der Waals surface area contributed by atoms with Crippen molar-refractivity contribution >= 4 is 28.2 Å². The summed E-state index contributed by atoms with van der Waals surface area (Å²) in [5.41, 5.74) is 1.20. The highest BCUT2D eigenvalue weighted by molar-refractivity contribution is 5.91. The lowest BCUT2D eigenvalue weighted by Gasteiger charge is -2.18. The molecule has 27 heavy (non-hydrogen) atoms. The number of nitrogens with zero attached hydrogens (tertiary/aromatic N) is 2. The molecule has 1 saturated heterocycles. The molecule has 0 radical (unpaired) electrons. The number of carbonyl (C=O) groups is 1. The zero-order chi connectivity index (χ0) is 18.8. The Morgan fingerprint density at radius 1 is 1.00 bits per heavy atom. The van der Waals surface area contributed by atoms with E-state index >= 15 is 0 Å². The highest BCUT2D eigenvalue weighted by Gasteiger charge is 2.13. The number of benzene rings is 2. The second kappa shape index (κ2) is 7.11. The maximum Gasteiger partial charge on any atom is 0.329 e. The molecular formula is C20H20N4O3. The maximum atomic E-state index is 12.4. The van der Waals surface area contributed by atoms with Crippen molar-refractivity contribution in [3.63, 3.8) is 0 Å². The number of amides is 1. The van der Waals surface area contributed by atoms with Gasteiger partial charge in [0.2, 0.25) is 5.91 Å². The number of fused-ring (bicyclic) bond motifs is 1. The van der Waals surface area contributed by atoms with E-state index in [1.54, 1.807) is 24.3 Å². The van der Waals surface area contributed by atoms with Crippen LogP contribution in [-0.4, -0.2) is 28.5 Å². The SMILES string of the molecule is O=C(Cn1c(=O)[nH]c(=O)c2ccccc21)Nc1ccc(N2CCCC2)cc1. The summed E-state index contributed by atoms with van der Waals surface area (Å²) in [6, 6.07) is 14.4. The van der Waals surface area contributed by atoms with E-state index in [1.165, 1.54) is 17.4 Å². The summed E-state index contributed by atoms with van der Waals surface area (Å²) >= 11 is 0. The number of hydrogen-bond acceptors (Lipinski definition) is 4. The molecule has 1 aliphatic heterocycles. The van der Waals surface area contributed by atoms with Gasteiger partial charge in [-0.05, 0) is 49.2 Å². The molecule has 0 spiro atoms. The van der Waals surface area contributed by atoms with Crippen LogP contribution in [0.15, 0.2) is 58.1 Å². The van der Waals surface area contributed by atoms with Crippen molar-refractivity contribution in [3.8, 4) is 0 Å². The third kappa shape index (κ3) is 3.48. The second-order valence-electron chi connectivity index (χ2n) is 6.65. The fourth-order valence-electron chi connectivity index (χ4n) is 3.47. The van der Waals surface area contributed by atoms with Crippen LogP contribution >= 0.6 is 0 Å². The van der Waals surface area contributed by atoms with E-state index in [4.69, 9.17) is 0 Å². The lowest BCUT2D eigenvalue weighted by atomic mass is 10.2. The molecule has 1 aromatic heterocycles. The van der Waals surface area contributed by atoms with Crippen molar-refractivity contribution < 1.29 is 4.79 Å². The monoisotopic (exact) mass is 364 g/mol. The summed E-state index contributed by atoms with van der Waals surface area (Å²) in [5, 5.41) is 3.18. The van der Waals surface area contributed by atoms with Gasteiger partial charge >= 0.3 is 5.69 Å². The molecule has 138 valence electrons. The Kier molecular flexibility index (Phi) is 4.50. The quantitative estimate of drug-likeness (QED) is 0.741. The number of aromatic nitrogens is 2. The summed E-state index contributed by atoms with van der Waals surface area (Å²) in [6.45, 7) is 1.95. The molecule has 2 N–H and O–H groups in total. The van der Waals surface area contributed by atoms with E-state index in [9.17, 15) is 14.4 Å². The minimum absolute atomic E-state index is 0.177. The molecule has 4 rings (SSSR count). The summed E-state index contributed by atoms with van der Waals surface area (Å²) in [4.78, 5) is 41.1. The van der Waals surface area contributed by atoms with Crippen LogP contribution in [0.4, 0.5) is 11.4 Å². The Labute approximate surface area is 155 Å². The smallest absolute Gasteiger partial charge is 0.329 e. The Morgan fingerprint density at radius 2 is 1.70 bits per heavy atom. The zero-order valence-corrected chi connectivity index (χ0v) is 14.8. The fourth-order valence-corrected chi connectivity index (χ4v) is 3.47. The van der Waals surface area contributed by atoms with E-state index in [1.807, 2.05) is 24.3 Å². The van der Waals surface area contributed by atoms with E-state index in [-0.39, 0.29) is 12.5 Å². The molecule has 2 heterocycles.